The maximum Gasteiger partial charge on any atom is 0.00565 e. The SMILES string of the molecule is C=CCCC(CCC)(c1cccc2c1Cc1ccccc1-2)C1C=CC=C1.[CH3-].[CH3-].[Hf]. The molecule has 152 valence electrons. The third-order valence-corrected chi connectivity index (χ3v) is 6.26. The summed E-state index contributed by atoms with van der Waals surface area (Å²) in [6.07, 6.45) is 17.1. The summed E-state index contributed by atoms with van der Waals surface area (Å²) in [7, 11) is 0. The summed E-state index contributed by atoms with van der Waals surface area (Å²) < 4.78 is 0. The molecule has 0 aromatic heterocycles. The Balaban J connectivity index is 0.00000140. The van der Waals surface area contributed by atoms with E-state index >= 15 is 0 Å². The van der Waals surface area contributed by atoms with Crippen molar-refractivity contribution in [1.82, 2.24) is 0 Å². The van der Waals surface area contributed by atoms with Crippen molar-refractivity contribution < 1.29 is 25.8 Å². The molecule has 2 aliphatic carbocycles. The fourth-order valence-electron chi connectivity index (χ4n) is 5.14. The van der Waals surface area contributed by atoms with Crippen LogP contribution in [0.2, 0.25) is 0 Å². The van der Waals surface area contributed by atoms with E-state index < -0.39 is 0 Å². The van der Waals surface area contributed by atoms with E-state index in [1.54, 1.807) is 11.1 Å². The summed E-state index contributed by atoms with van der Waals surface area (Å²) in [6.45, 7) is 6.34. The van der Waals surface area contributed by atoms with Crippen LogP contribution in [0.3, 0.4) is 0 Å². The van der Waals surface area contributed by atoms with E-state index in [1.807, 2.05) is 0 Å². The van der Waals surface area contributed by atoms with Gasteiger partial charge in [0.25, 0.3) is 0 Å². The van der Waals surface area contributed by atoms with Crippen LogP contribution in [0.5, 0.6) is 0 Å². The standard InChI is InChI=1S/C26H28.2CH3.Hf/c1-3-5-18-26(17-4-2,21-12-7-8-13-21)25-16-10-15-23-22-14-9-6-11-20(22)19-24(23)25;;;/h3,6-16,21H,1,4-5,17-19H2,2H3;2*1H3;/q;2*-1;. The zero-order chi connectivity index (χ0) is 18.0. The van der Waals surface area contributed by atoms with Crippen molar-refractivity contribution in [3.63, 3.8) is 0 Å². The Hall–Kier alpha value is -1.47. The van der Waals surface area contributed by atoms with Crippen LogP contribution < -0.4 is 0 Å². The van der Waals surface area contributed by atoms with Gasteiger partial charge in [0.15, 0.2) is 0 Å². The maximum absolute atomic E-state index is 4.01. The van der Waals surface area contributed by atoms with Crippen molar-refractivity contribution in [2.24, 2.45) is 5.92 Å². The summed E-state index contributed by atoms with van der Waals surface area (Å²) in [6, 6.07) is 15.9. The molecular formula is C28H34Hf-2. The molecule has 29 heavy (non-hydrogen) atoms. The fourth-order valence-corrected chi connectivity index (χ4v) is 5.14. The van der Waals surface area contributed by atoms with Crippen LogP contribution in [-0.4, -0.2) is 0 Å². The Bertz CT molecular complexity index is 862. The second-order valence-electron chi connectivity index (χ2n) is 7.69. The van der Waals surface area contributed by atoms with Gasteiger partial charge in [0, 0.05) is 37.2 Å². The van der Waals surface area contributed by atoms with Crippen LogP contribution in [0.15, 0.2) is 79.4 Å². The summed E-state index contributed by atoms with van der Waals surface area (Å²) in [5.41, 5.74) is 7.64. The molecule has 1 unspecified atom stereocenters. The Morgan fingerprint density at radius 1 is 0.966 bits per heavy atom. The van der Waals surface area contributed by atoms with E-state index in [0.29, 0.717) is 5.92 Å². The molecule has 1 heteroatoms. The molecule has 0 heterocycles. The summed E-state index contributed by atoms with van der Waals surface area (Å²) >= 11 is 0. The zero-order valence-electron chi connectivity index (χ0n) is 18.2. The van der Waals surface area contributed by atoms with Crippen molar-refractivity contribution >= 4 is 0 Å². The molecule has 0 fully saturated rings. The van der Waals surface area contributed by atoms with Crippen molar-refractivity contribution in [2.45, 2.75) is 44.4 Å². The molecule has 0 spiro atoms. The molecule has 0 saturated carbocycles. The first-order valence-corrected chi connectivity index (χ1v) is 9.96. The maximum atomic E-state index is 4.01. The van der Waals surface area contributed by atoms with Crippen molar-refractivity contribution in [3.8, 4) is 11.1 Å². The number of rotatable bonds is 7. The van der Waals surface area contributed by atoms with Gasteiger partial charge in [-0.25, -0.2) is 0 Å². The largest absolute Gasteiger partial charge is 0.358 e. The van der Waals surface area contributed by atoms with Crippen LogP contribution in [0.25, 0.3) is 11.1 Å². The van der Waals surface area contributed by atoms with Gasteiger partial charge in [-0.05, 0) is 53.5 Å². The molecule has 0 bridgehead atoms. The minimum Gasteiger partial charge on any atom is -0.358 e. The average Bonchev–Trinajstić information content (AvgIpc) is 3.33. The summed E-state index contributed by atoms with van der Waals surface area (Å²) in [4.78, 5) is 0. The Morgan fingerprint density at radius 2 is 1.66 bits per heavy atom. The van der Waals surface area contributed by atoms with Crippen molar-refractivity contribution in [3.05, 3.63) is 111 Å². The first-order chi connectivity index (χ1) is 12.8. The number of hydrogen-bond acceptors (Lipinski definition) is 0. The normalized spacial score (nSPS) is 15.3. The Morgan fingerprint density at radius 3 is 2.34 bits per heavy atom. The molecule has 0 N–H and O–H groups in total. The van der Waals surface area contributed by atoms with Crippen LogP contribution in [0.4, 0.5) is 0 Å². The molecule has 0 amide bonds. The van der Waals surface area contributed by atoms with Gasteiger partial charge in [-0.3, -0.25) is 0 Å². The Labute approximate surface area is 197 Å². The van der Waals surface area contributed by atoms with Gasteiger partial charge in [-0.1, -0.05) is 86.2 Å². The second-order valence-corrected chi connectivity index (χ2v) is 7.69. The zero-order valence-corrected chi connectivity index (χ0v) is 21.8. The van der Waals surface area contributed by atoms with Crippen LogP contribution in [0, 0.1) is 20.8 Å². The minimum absolute atomic E-state index is 0. The van der Waals surface area contributed by atoms with Gasteiger partial charge in [-0.15, -0.1) is 6.58 Å². The monoisotopic (exact) mass is 550 g/mol. The van der Waals surface area contributed by atoms with Crippen LogP contribution >= 0.6 is 0 Å². The smallest absolute Gasteiger partial charge is 0.00565 e. The van der Waals surface area contributed by atoms with E-state index in [1.165, 1.54) is 29.5 Å². The topological polar surface area (TPSA) is 0 Å². The number of benzene rings is 2. The predicted octanol–water partition coefficient (Wildman–Crippen LogP) is 7.90. The first kappa shape index (κ1) is 25.6. The van der Waals surface area contributed by atoms with E-state index in [2.05, 4.69) is 86.3 Å². The number of allylic oxidation sites excluding steroid dienone is 5. The first-order valence-electron chi connectivity index (χ1n) is 9.96. The van der Waals surface area contributed by atoms with E-state index in [9.17, 15) is 0 Å². The van der Waals surface area contributed by atoms with Gasteiger partial charge < -0.3 is 14.9 Å². The minimum atomic E-state index is 0. The summed E-state index contributed by atoms with van der Waals surface area (Å²) in [5, 5.41) is 0. The molecular weight excluding hydrogens is 515 g/mol. The van der Waals surface area contributed by atoms with Gasteiger partial charge in [0.05, 0.1) is 0 Å². The molecule has 2 aromatic carbocycles. The van der Waals surface area contributed by atoms with Gasteiger partial charge in [0.2, 0.25) is 0 Å². The molecule has 2 aliphatic rings. The van der Waals surface area contributed by atoms with Crippen LogP contribution in [-0.2, 0) is 37.7 Å². The van der Waals surface area contributed by atoms with E-state index in [4.69, 9.17) is 0 Å². The van der Waals surface area contributed by atoms with Crippen molar-refractivity contribution in [2.75, 3.05) is 0 Å². The van der Waals surface area contributed by atoms with E-state index in [-0.39, 0.29) is 46.1 Å². The number of fused-ring (bicyclic) bond motifs is 3. The van der Waals surface area contributed by atoms with Crippen LogP contribution in [0.1, 0.15) is 49.3 Å². The van der Waals surface area contributed by atoms with Gasteiger partial charge in [-0.2, -0.15) is 0 Å². The van der Waals surface area contributed by atoms with Crippen molar-refractivity contribution in [1.29, 1.82) is 0 Å². The quantitative estimate of drug-likeness (QED) is 0.160. The van der Waals surface area contributed by atoms with E-state index in [0.717, 1.165) is 19.3 Å². The van der Waals surface area contributed by atoms with Gasteiger partial charge >= 0.3 is 0 Å². The molecule has 0 saturated heterocycles. The Kier molecular flexibility index (Phi) is 9.76. The average molecular weight is 549 g/mol. The fraction of sp³-hybridized carbons (Fsp3) is 0.286. The van der Waals surface area contributed by atoms with Gasteiger partial charge in [0.1, 0.15) is 0 Å². The molecule has 0 aliphatic heterocycles. The summed E-state index contributed by atoms with van der Waals surface area (Å²) in [5.74, 6) is 0.484. The molecule has 0 nitrogen and oxygen atoms in total. The predicted molar refractivity (Wildman–Crippen MR) is 125 cm³/mol. The third-order valence-electron chi connectivity index (χ3n) is 6.26. The molecule has 4 rings (SSSR count). The molecule has 1 atom stereocenters. The number of hydrogen-bond donors (Lipinski definition) is 0. The molecule has 0 radical (unpaired) electrons. The third kappa shape index (κ3) is 4.50. The second kappa shape index (κ2) is 11.1. The molecule has 2 aromatic rings.